The summed E-state index contributed by atoms with van der Waals surface area (Å²) in [4.78, 5) is 12.3. The Bertz CT molecular complexity index is 1000. The normalized spacial score (nSPS) is 19.8. The molecule has 0 radical (unpaired) electrons. The molecule has 1 aromatic carbocycles. The summed E-state index contributed by atoms with van der Waals surface area (Å²) < 4.78 is 38.7. The molecule has 0 amide bonds. The van der Waals surface area contributed by atoms with Crippen LogP contribution in [-0.4, -0.2) is 31.6 Å². The maximum absolute atomic E-state index is 14.3. The molecule has 1 unspecified atom stereocenters. The van der Waals surface area contributed by atoms with Crippen LogP contribution >= 0.6 is 0 Å². The zero-order valence-corrected chi connectivity index (χ0v) is 22.8. The Labute approximate surface area is 221 Å². The van der Waals surface area contributed by atoms with E-state index in [1.165, 1.54) is 57.8 Å². The van der Waals surface area contributed by atoms with E-state index in [0.717, 1.165) is 38.5 Å². The van der Waals surface area contributed by atoms with Gasteiger partial charge in [0.1, 0.15) is 23.2 Å². The highest BCUT2D eigenvalue weighted by Gasteiger charge is 2.38. The monoisotopic (exact) mass is 515 g/mol. The van der Waals surface area contributed by atoms with Gasteiger partial charge in [-0.3, -0.25) is 4.79 Å². The van der Waals surface area contributed by atoms with E-state index in [-0.39, 0.29) is 17.1 Å². The number of methoxy groups -OCH3 is 1. The number of halogens is 2. The molecule has 37 heavy (non-hydrogen) atoms. The van der Waals surface area contributed by atoms with Gasteiger partial charge in [0, 0.05) is 36.9 Å². The highest BCUT2D eigenvalue weighted by Crippen LogP contribution is 2.47. The van der Waals surface area contributed by atoms with E-state index in [0.29, 0.717) is 29.0 Å². The third-order valence-electron chi connectivity index (χ3n) is 8.54. The van der Waals surface area contributed by atoms with Crippen molar-refractivity contribution in [2.24, 2.45) is 11.3 Å². The first-order chi connectivity index (χ1) is 17.6. The number of rotatable bonds is 12. The maximum atomic E-state index is 14.3. The van der Waals surface area contributed by atoms with E-state index < -0.39 is 17.2 Å². The van der Waals surface area contributed by atoms with Crippen molar-refractivity contribution in [3.8, 4) is 0 Å². The van der Waals surface area contributed by atoms with Gasteiger partial charge in [-0.15, -0.1) is 0 Å². The number of ketones is 1. The Kier molecular flexibility index (Phi) is 10.1. The molecule has 0 aromatic heterocycles. The first kappa shape index (κ1) is 29.1. The molecule has 1 aliphatic carbocycles. The van der Waals surface area contributed by atoms with E-state index in [1.807, 2.05) is 0 Å². The lowest BCUT2D eigenvalue weighted by atomic mass is 9.65. The van der Waals surface area contributed by atoms with E-state index in [4.69, 9.17) is 9.47 Å². The number of carbonyl (C=O) groups is 1. The summed E-state index contributed by atoms with van der Waals surface area (Å²) in [7, 11) is 1.43. The summed E-state index contributed by atoms with van der Waals surface area (Å²) in [5.41, 5.74) is 1.27. The minimum Gasteiger partial charge on any atom is -0.496 e. The molecule has 0 bridgehead atoms. The molecule has 4 nitrogen and oxygen atoms in total. The molecule has 2 fully saturated rings. The minimum atomic E-state index is -0.714. The molecule has 1 N–H and O–H groups in total. The van der Waals surface area contributed by atoms with Crippen LogP contribution in [0.4, 0.5) is 8.78 Å². The van der Waals surface area contributed by atoms with Crippen LogP contribution in [0.25, 0.3) is 5.76 Å². The molecule has 1 atom stereocenters. The van der Waals surface area contributed by atoms with Crippen LogP contribution in [0, 0.1) is 23.0 Å². The number of allylic oxidation sites excluding steroid dienone is 1. The number of Topliss-reactive ketones (excluding diaryl/α,β-unsaturated/α-hetero) is 1. The fraction of sp³-hybridized carbons (Fsp3) is 0.581. The van der Waals surface area contributed by atoms with Crippen molar-refractivity contribution in [1.82, 2.24) is 5.32 Å². The van der Waals surface area contributed by atoms with Gasteiger partial charge in [0.25, 0.3) is 0 Å². The van der Waals surface area contributed by atoms with Gasteiger partial charge in [0.2, 0.25) is 0 Å². The highest BCUT2D eigenvalue weighted by atomic mass is 19.1. The van der Waals surface area contributed by atoms with Crippen LogP contribution in [0.3, 0.4) is 0 Å². The molecule has 2 aliphatic rings. The lowest BCUT2D eigenvalue weighted by Crippen LogP contribution is -2.46. The van der Waals surface area contributed by atoms with Crippen LogP contribution < -0.4 is 5.32 Å². The summed E-state index contributed by atoms with van der Waals surface area (Å²) >= 11 is 0. The van der Waals surface area contributed by atoms with Crippen molar-refractivity contribution < 1.29 is 23.0 Å². The van der Waals surface area contributed by atoms with Crippen LogP contribution in [-0.2, 0) is 14.3 Å². The van der Waals surface area contributed by atoms with Gasteiger partial charge in [0.05, 0.1) is 12.7 Å². The molecule has 1 aliphatic heterocycles. The highest BCUT2D eigenvalue weighted by molar-refractivity contribution is 5.77. The number of carbonyl (C=O) groups excluding carboxylic acids is 1. The largest absolute Gasteiger partial charge is 0.496 e. The second kappa shape index (κ2) is 12.9. The summed E-state index contributed by atoms with van der Waals surface area (Å²) in [6, 6.07) is 3.34. The Morgan fingerprint density at radius 1 is 1.22 bits per heavy atom. The van der Waals surface area contributed by atoms with Gasteiger partial charge >= 0.3 is 0 Å². The summed E-state index contributed by atoms with van der Waals surface area (Å²) in [5.74, 6) is -0.359. The van der Waals surface area contributed by atoms with Crippen LogP contribution in [0.15, 0.2) is 48.7 Å². The van der Waals surface area contributed by atoms with Gasteiger partial charge < -0.3 is 14.8 Å². The van der Waals surface area contributed by atoms with Gasteiger partial charge in [-0.2, -0.15) is 0 Å². The lowest BCUT2D eigenvalue weighted by molar-refractivity contribution is -0.118. The first-order valence-corrected chi connectivity index (χ1v) is 13.6. The predicted molar refractivity (Wildman–Crippen MR) is 145 cm³/mol. The topological polar surface area (TPSA) is 47.6 Å². The summed E-state index contributed by atoms with van der Waals surface area (Å²) in [6.07, 6.45) is 12.1. The molecule has 1 saturated heterocycles. The second-order valence-corrected chi connectivity index (χ2v) is 11.1. The molecular weight excluding hydrogens is 472 g/mol. The fourth-order valence-electron chi connectivity index (χ4n) is 6.01. The number of nitrogens with one attached hydrogen (secondary N) is 1. The van der Waals surface area contributed by atoms with Crippen molar-refractivity contribution >= 4 is 11.5 Å². The first-order valence-electron chi connectivity index (χ1n) is 13.6. The number of ether oxygens (including phenoxy) is 2. The average molecular weight is 516 g/mol. The molecule has 1 aromatic rings. The fourth-order valence-corrected chi connectivity index (χ4v) is 6.01. The standard InChI is InChI=1S/C31H43F2NO3/c1-6-31(21-23(3)35,14-11-25-9-12-30(13-10-25)15-17-37-18-16-30)34-24(4)22(2)19-29(36-5)27-8-7-26(32)20-28(27)33/h7-8,19-20,25,34H,2,4,6,9-18,21H2,1,3,5H3/b29-19-. The predicted octanol–water partition coefficient (Wildman–Crippen LogP) is 7.51. The molecule has 6 heteroatoms. The van der Waals surface area contributed by atoms with E-state index >= 15 is 0 Å². The Morgan fingerprint density at radius 3 is 2.46 bits per heavy atom. The lowest BCUT2D eigenvalue weighted by Gasteiger charge is -2.44. The zero-order valence-electron chi connectivity index (χ0n) is 22.8. The SMILES string of the molecule is C=C(/C=C(\OC)c1ccc(F)cc1F)C(=C)NC(CC)(CCC1CCC2(CCOCC2)CC1)CC(C)=O. The molecule has 204 valence electrons. The third kappa shape index (κ3) is 7.76. The Hall–Kier alpha value is -2.47. The average Bonchev–Trinajstić information content (AvgIpc) is 2.87. The second-order valence-electron chi connectivity index (χ2n) is 11.1. The number of hydrogen-bond acceptors (Lipinski definition) is 4. The molecule has 3 rings (SSSR count). The van der Waals surface area contributed by atoms with Crippen molar-refractivity contribution in [2.45, 2.75) is 83.6 Å². The van der Waals surface area contributed by atoms with Crippen molar-refractivity contribution in [3.05, 3.63) is 65.9 Å². The molecular formula is C31H43F2NO3. The van der Waals surface area contributed by atoms with Gasteiger partial charge in [-0.1, -0.05) is 20.1 Å². The number of benzene rings is 1. The smallest absolute Gasteiger partial charge is 0.137 e. The van der Waals surface area contributed by atoms with E-state index in [1.54, 1.807) is 13.0 Å². The van der Waals surface area contributed by atoms with Gasteiger partial charge in [-0.05, 0) is 99.8 Å². The van der Waals surface area contributed by atoms with Gasteiger partial charge in [-0.25, -0.2) is 8.78 Å². The quantitative estimate of drug-likeness (QED) is 0.231. The third-order valence-corrected chi connectivity index (χ3v) is 8.54. The minimum absolute atomic E-state index is 0.124. The van der Waals surface area contributed by atoms with Gasteiger partial charge in [0.15, 0.2) is 0 Å². The van der Waals surface area contributed by atoms with Crippen molar-refractivity contribution in [3.63, 3.8) is 0 Å². The number of hydrogen-bond donors (Lipinski definition) is 1. The van der Waals surface area contributed by atoms with Crippen LogP contribution in [0.2, 0.25) is 0 Å². The Morgan fingerprint density at radius 2 is 1.89 bits per heavy atom. The van der Waals surface area contributed by atoms with E-state index in [9.17, 15) is 13.6 Å². The molecule has 1 saturated carbocycles. The Balaban J connectivity index is 1.67. The van der Waals surface area contributed by atoms with E-state index in [2.05, 4.69) is 25.4 Å². The van der Waals surface area contributed by atoms with Crippen LogP contribution in [0.1, 0.15) is 83.6 Å². The van der Waals surface area contributed by atoms with Crippen LogP contribution in [0.5, 0.6) is 0 Å². The van der Waals surface area contributed by atoms with Crippen molar-refractivity contribution in [2.75, 3.05) is 20.3 Å². The summed E-state index contributed by atoms with van der Waals surface area (Å²) in [6.45, 7) is 13.8. The molecule has 1 heterocycles. The van der Waals surface area contributed by atoms with Crippen molar-refractivity contribution in [1.29, 1.82) is 0 Å². The summed E-state index contributed by atoms with van der Waals surface area (Å²) in [5, 5.41) is 3.53. The maximum Gasteiger partial charge on any atom is 0.137 e. The molecule has 1 spiro atoms. The zero-order chi connectivity index (χ0) is 27.1.